The van der Waals surface area contributed by atoms with Crippen LogP contribution in [0.1, 0.15) is 26.2 Å². The van der Waals surface area contributed by atoms with Crippen LogP contribution in [0.15, 0.2) is 0 Å². The molecule has 0 aromatic rings. The van der Waals surface area contributed by atoms with Crippen LogP contribution in [0.25, 0.3) is 0 Å². The van der Waals surface area contributed by atoms with Crippen molar-refractivity contribution in [2.24, 2.45) is 5.73 Å². The normalized spacial score (nSPS) is 17.5. The van der Waals surface area contributed by atoms with Crippen molar-refractivity contribution in [3.05, 3.63) is 0 Å². The van der Waals surface area contributed by atoms with Gasteiger partial charge >= 0.3 is 6.18 Å². The summed E-state index contributed by atoms with van der Waals surface area (Å²) < 4.78 is 35.4. The molecule has 0 aliphatic heterocycles. The number of nitrogens with two attached hydrogens (primary N) is 1. The lowest BCUT2D eigenvalue weighted by Crippen LogP contribution is -2.44. The third-order valence-corrected chi connectivity index (χ3v) is 1.63. The van der Waals surface area contributed by atoms with Crippen LogP contribution in [0.5, 0.6) is 0 Å². The van der Waals surface area contributed by atoms with Crippen molar-refractivity contribution in [3.63, 3.8) is 0 Å². The van der Waals surface area contributed by atoms with Crippen molar-refractivity contribution >= 4 is 0 Å². The summed E-state index contributed by atoms with van der Waals surface area (Å²) in [7, 11) is 0. The van der Waals surface area contributed by atoms with Crippen molar-refractivity contribution in [1.29, 1.82) is 0 Å². The number of halogens is 3. The molecular weight excluding hydrogens is 171 g/mol. The van der Waals surface area contributed by atoms with E-state index in [2.05, 4.69) is 0 Å². The number of hydrogen-bond donors (Lipinski definition) is 2. The number of alkyl halides is 3. The van der Waals surface area contributed by atoms with Crippen LogP contribution < -0.4 is 5.73 Å². The van der Waals surface area contributed by atoms with Gasteiger partial charge in [-0.15, -0.1) is 0 Å². The minimum Gasteiger partial charge on any atom is -0.382 e. The second kappa shape index (κ2) is 4.67. The average molecular weight is 185 g/mol. The summed E-state index contributed by atoms with van der Waals surface area (Å²) in [6.45, 7) is 1.85. The van der Waals surface area contributed by atoms with Gasteiger partial charge in [0, 0.05) is 6.04 Å². The molecule has 0 saturated carbocycles. The zero-order valence-electron chi connectivity index (χ0n) is 6.93. The van der Waals surface area contributed by atoms with E-state index in [9.17, 15) is 13.2 Å². The maximum Gasteiger partial charge on any atom is 0.415 e. The highest BCUT2D eigenvalue weighted by atomic mass is 19.4. The molecule has 0 spiro atoms. The minimum absolute atomic E-state index is 0.206. The molecule has 12 heavy (non-hydrogen) atoms. The van der Waals surface area contributed by atoms with E-state index in [1.165, 1.54) is 0 Å². The van der Waals surface area contributed by atoms with Crippen molar-refractivity contribution in [3.8, 4) is 0 Å². The third kappa shape index (κ3) is 3.92. The van der Waals surface area contributed by atoms with E-state index in [1.54, 1.807) is 0 Å². The van der Waals surface area contributed by atoms with E-state index in [0.717, 1.165) is 6.42 Å². The topological polar surface area (TPSA) is 46.2 Å². The van der Waals surface area contributed by atoms with Crippen molar-refractivity contribution < 1.29 is 18.3 Å². The summed E-state index contributed by atoms with van der Waals surface area (Å²) in [5, 5.41) is 8.63. The Labute approximate surface area is 69.6 Å². The Bertz CT molecular complexity index is 126. The van der Waals surface area contributed by atoms with Crippen LogP contribution in [0.3, 0.4) is 0 Å². The Kier molecular flexibility index (Phi) is 4.55. The molecule has 2 nitrogen and oxygen atoms in total. The Morgan fingerprint density at radius 2 is 1.92 bits per heavy atom. The molecule has 0 aromatic carbocycles. The Morgan fingerprint density at radius 1 is 1.42 bits per heavy atom. The molecule has 0 fully saturated rings. The predicted molar refractivity (Wildman–Crippen MR) is 39.6 cm³/mol. The molecule has 0 radical (unpaired) electrons. The zero-order chi connectivity index (χ0) is 9.78. The second-order valence-electron chi connectivity index (χ2n) is 2.79. The fraction of sp³-hybridized carbons (Fsp3) is 1.00. The molecule has 74 valence electrons. The van der Waals surface area contributed by atoms with Crippen LogP contribution in [-0.4, -0.2) is 23.4 Å². The summed E-state index contributed by atoms with van der Waals surface area (Å²) in [6.07, 6.45) is -5.39. The van der Waals surface area contributed by atoms with E-state index < -0.39 is 18.3 Å². The van der Waals surface area contributed by atoms with E-state index >= 15 is 0 Å². The van der Waals surface area contributed by atoms with Gasteiger partial charge in [0.25, 0.3) is 0 Å². The first kappa shape index (κ1) is 11.7. The highest BCUT2D eigenvalue weighted by molar-refractivity contribution is 4.77. The van der Waals surface area contributed by atoms with E-state index in [4.69, 9.17) is 10.8 Å². The Morgan fingerprint density at radius 3 is 2.25 bits per heavy atom. The molecule has 0 saturated heterocycles. The lowest BCUT2D eigenvalue weighted by atomic mass is 10.1. The number of aliphatic hydroxyl groups is 1. The first-order valence-corrected chi connectivity index (χ1v) is 3.90. The predicted octanol–water partition coefficient (Wildman–Crippen LogP) is 1.43. The summed E-state index contributed by atoms with van der Waals surface area (Å²) >= 11 is 0. The van der Waals surface area contributed by atoms with Gasteiger partial charge in [-0.1, -0.05) is 19.8 Å². The van der Waals surface area contributed by atoms with Gasteiger partial charge in [-0.2, -0.15) is 13.2 Å². The molecule has 0 rings (SSSR count). The maximum atomic E-state index is 11.8. The first-order chi connectivity index (χ1) is 5.39. The molecule has 0 aliphatic carbocycles. The van der Waals surface area contributed by atoms with Crippen LogP contribution >= 0.6 is 0 Å². The zero-order valence-corrected chi connectivity index (χ0v) is 6.93. The lowest BCUT2D eigenvalue weighted by molar-refractivity contribution is -0.210. The van der Waals surface area contributed by atoms with E-state index in [-0.39, 0.29) is 6.42 Å². The summed E-state index contributed by atoms with van der Waals surface area (Å²) in [4.78, 5) is 0. The number of aliphatic hydroxyl groups excluding tert-OH is 1. The molecule has 0 amide bonds. The maximum absolute atomic E-state index is 11.8. The number of rotatable bonds is 4. The Hall–Kier alpha value is -0.290. The Balaban J connectivity index is 3.84. The average Bonchev–Trinajstić information content (AvgIpc) is 1.97. The van der Waals surface area contributed by atoms with Gasteiger partial charge < -0.3 is 10.8 Å². The summed E-state index contributed by atoms with van der Waals surface area (Å²) in [5.41, 5.74) is 5.12. The van der Waals surface area contributed by atoms with Gasteiger partial charge in [0.2, 0.25) is 0 Å². The number of unbranched alkanes of at least 4 members (excludes halogenated alkanes) is 1. The van der Waals surface area contributed by atoms with Crippen LogP contribution in [-0.2, 0) is 0 Å². The monoisotopic (exact) mass is 185 g/mol. The van der Waals surface area contributed by atoms with Gasteiger partial charge in [0.05, 0.1) is 0 Å². The molecule has 0 aliphatic rings. The first-order valence-electron chi connectivity index (χ1n) is 3.90. The van der Waals surface area contributed by atoms with Gasteiger partial charge in [-0.3, -0.25) is 0 Å². The third-order valence-electron chi connectivity index (χ3n) is 1.63. The van der Waals surface area contributed by atoms with E-state index in [0.29, 0.717) is 6.42 Å². The van der Waals surface area contributed by atoms with Crippen LogP contribution in [0.4, 0.5) is 13.2 Å². The lowest BCUT2D eigenvalue weighted by Gasteiger charge is -2.20. The molecule has 5 heteroatoms. The summed E-state index contributed by atoms with van der Waals surface area (Å²) in [5.74, 6) is 0. The van der Waals surface area contributed by atoms with Crippen molar-refractivity contribution in [1.82, 2.24) is 0 Å². The van der Waals surface area contributed by atoms with Crippen molar-refractivity contribution in [2.75, 3.05) is 0 Å². The van der Waals surface area contributed by atoms with Gasteiger partial charge in [0.1, 0.15) is 0 Å². The molecule has 0 bridgehead atoms. The standard InChI is InChI=1S/C7H14F3NO/c1-2-3-4-5(11)6(12)7(8,9)10/h5-6,12H,2-4,11H2,1H3/t5-,6-/m1/s1. The molecule has 0 unspecified atom stereocenters. The van der Waals surface area contributed by atoms with Crippen molar-refractivity contribution in [2.45, 2.75) is 44.5 Å². The molecule has 3 N–H and O–H groups in total. The molecular formula is C7H14F3NO. The fourth-order valence-corrected chi connectivity index (χ4v) is 0.840. The fourth-order valence-electron chi connectivity index (χ4n) is 0.840. The highest BCUT2D eigenvalue weighted by Crippen LogP contribution is 2.23. The quantitative estimate of drug-likeness (QED) is 0.695. The van der Waals surface area contributed by atoms with Gasteiger partial charge in [-0.05, 0) is 6.42 Å². The molecule has 0 heterocycles. The van der Waals surface area contributed by atoms with E-state index in [1.807, 2.05) is 6.92 Å². The SMILES string of the molecule is CCCC[C@@H](N)[C@@H](O)C(F)(F)F. The van der Waals surface area contributed by atoms with Crippen LogP contribution in [0.2, 0.25) is 0 Å². The minimum atomic E-state index is -4.59. The largest absolute Gasteiger partial charge is 0.415 e. The molecule has 2 atom stereocenters. The van der Waals surface area contributed by atoms with Crippen LogP contribution in [0, 0.1) is 0 Å². The number of hydrogen-bond acceptors (Lipinski definition) is 2. The van der Waals surface area contributed by atoms with Gasteiger partial charge in [-0.25, -0.2) is 0 Å². The van der Waals surface area contributed by atoms with Gasteiger partial charge in [0.15, 0.2) is 6.10 Å². The second-order valence-corrected chi connectivity index (χ2v) is 2.79. The molecule has 0 aromatic heterocycles. The smallest absolute Gasteiger partial charge is 0.382 e. The highest BCUT2D eigenvalue weighted by Gasteiger charge is 2.41. The summed E-state index contributed by atoms with van der Waals surface area (Å²) in [6, 6.07) is -1.19.